The summed E-state index contributed by atoms with van der Waals surface area (Å²) < 4.78 is 21.9. The molecule has 0 amide bonds. The second-order valence-electron chi connectivity index (χ2n) is 9.59. The summed E-state index contributed by atoms with van der Waals surface area (Å²) in [5, 5.41) is 4.45. The van der Waals surface area contributed by atoms with Crippen molar-refractivity contribution in [3.05, 3.63) is 69.4 Å². The third-order valence-corrected chi connectivity index (χ3v) is 6.51. The number of ether oxygens (including phenoxy) is 1. The number of rotatable bonds is 9. The predicted octanol–water partition coefficient (Wildman–Crippen LogP) is 4.37. The van der Waals surface area contributed by atoms with E-state index in [1.165, 1.54) is 27.4 Å². The average molecular weight is 515 g/mol. The van der Waals surface area contributed by atoms with Gasteiger partial charge >= 0.3 is 5.69 Å². The van der Waals surface area contributed by atoms with E-state index in [0.717, 1.165) is 51.3 Å². The Morgan fingerprint density at radius 1 is 1.14 bits per heavy atom. The Balaban J connectivity index is 1.60. The van der Waals surface area contributed by atoms with E-state index < -0.39 is 11.5 Å². The molecule has 0 N–H and O–H groups in total. The lowest BCUT2D eigenvalue weighted by Gasteiger charge is -2.18. The fourth-order valence-corrected chi connectivity index (χ4v) is 4.55. The van der Waals surface area contributed by atoms with Gasteiger partial charge in [0.1, 0.15) is 5.82 Å². The van der Waals surface area contributed by atoms with Crippen LogP contribution in [0.3, 0.4) is 0 Å². The Kier molecular flexibility index (Phi) is 8.72. The molecule has 0 aliphatic carbocycles. The number of halogens is 2. The highest BCUT2D eigenvalue weighted by atomic mass is 35.5. The summed E-state index contributed by atoms with van der Waals surface area (Å²) >= 11 is 5.99. The monoisotopic (exact) mass is 514 g/mol. The fraction of sp³-hybridized carbons (Fsp3) is 0.444. The first-order valence-corrected chi connectivity index (χ1v) is 12.8. The molecule has 4 rings (SSSR count). The van der Waals surface area contributed by atoms with Crippen molar-refractivity contribution in [3.8, 4) is 17.1 Å². The van der Waals surface area contributed by atoms with E-state index in [9.17, 15) is 14.0 Å². The SMILES string of the molecule is CC(C)CC(=O)Cn1c(-c2ccc(F)c(Cl)c2)nn(-c2ccc(CCN3CCCOCC3)cc2)c1=O. The number of hydrogen-bond donors (Lipinski definition) is 0. The molecule has 2 heterocycles. The van der Waals surface area contributed by atoms with E-state index in [4.69, 9.17) is 16.3 Å². The summed E-state index contributed by atoms with van der Waals surface area (Å²) in [5.74, 6) is -0.198. The lowest BCUT2D eigenvalue weighted by Crippen LogP contribution is -2.28. The van der Waals surface area contributed by atoms with Crippen molar-refractivity contribution >= 4 is 17.4 Å². The first-order valence-electron chi connectivity index (χ1n) is 12.4. The number of hydrogen-bond acceptors (Lipinski definition) is 5. The molecule has 1 aromatic heterocycles. The van der Waals surface area contributed by atoms with Gasteiger partial charge in [0.25, 0.3) is 0 Å². The summed E-state index contributed by atoms with van der Waals surface area (Å²) in [6.07, 6.45) is 2.29. The van der Waals surface area contributed by atoms with Crippen LogP contribution < -0.4 is 5.69 Å². The largest absolute Gasteiger partial charge is 0.380 e. The number of carbonyl (C=O) groups is 1. The van der Waals surface area contributed by atoms with Gasteiger partial charge in [0, 0.05) is 38.2 Å². The Labute approximate surface area is 215 Å². The Morgan fingerprint density at radius 2 is 1.92 bits per heavy atom. The average Bonchev–Trinajstić information content (AvgIpc) is 3.01. The first-order chi connectivity index (χ1) is 17.3. The van der Waals surface area contributed by atoms with Gasteiger partial charge < -0.3 is 9.64 Å². The predicted molar refractivity (Wildman–Crippen MR) is 138 cm³/mol. The van der Waals surface area contributed by atoms with Gasteiger partial charge in [-0.05, 0) is 54.7 Å². The Hall–Kier alpha value is -2.81. The van der Waals surface area contributed by atoms with Gasteiger partial charge in [0.05, 0.1) is 23.9 Å². The van der Waals surface area contributed by atoms with E-state index in [-0.39, 0.29) is 29.1 Å². The number of ketones is 1. The molecule has 0 atom stereocenters. The molecule has 36 heavy (non-hydrogen) atoms. The summed E-state index contributed by atoms with van der Waals surface area (Å²) in [7, 11) is 0. The van der Waals surface area contributed by atoms with Gasteiger partial charge in [0.15, 0.2) is 11.6 Å². The summed E-state index contributed by atoms with van der Waals surface area (Å²) in [5.41, 5.74) is 1.79. The number of aromatic nitrogens is 3. The zero-order valence-corrected chi connectivity index (χ0v) is 21.5. The zero-order chi connectivity index (χ0) is 25.7. The molecule has 0 saturated carbocycles. The Bertz CT molecular complexity index is 1240. The van der Waals surface area contributed by atoms with E-state index in [2.05, 4.69) is 10.00 Å². The van der Waals surface area contributed by atoms with Crippen LogP contribution >= 0.6 is 11.6 Å². The molecule has 1 aliphatic rings. The van der Waals surface area contributed by atoms with Crippen LogP contribution in [-0.2, 0) is 22.5 Å². The maximum absolute atomic E-state index is 13.8. The first kappa shape index (κ1) is 26.3. The van der Waals surface area contributed by atoms with Crippen molar-refractivity contribution < 1.29 is 13.9 Å². The normalized spacial score (nSPS) is 14.8. The zero-order valence-electron chi connectivity index (χ0n) is 20.8. The number of benzene rings is 2. The number of carbonyl (C=O) groups excluding carboxylic acids is 1. The molecule has 1 aliphatic heterocycles. The fourth-order valence-electron chi connectivity index (χ4n) is 4.36. The summed E-state index contributed by atoms with van der Waals surface area (Å²) in [4.78, 5) is 28.4. The van der Waals surface area contributed by atoms with E-state index >= 15 is 0 Å². The molecule has 3 aromatic rings. The maximum atomic E-state index is 13.8. The molecular formula is C27H32ClFN4O3. The van der Waals surface area contributed by atoms with Gasteiger partial charge in [-0.2, -0.15) is 4.68 Å². The molecule has 2 aromatic carbocycles. The summed E-state index contributed by atoms with van der Waals surface area (Å²) in [6.45, 7) is 8.31. The second kappa shape index (κ2) is 12.0. The molecule has 0 spiro atoms. The van der Waals surface area contributed by atoms with Crippen molar-refractivity contribution in [2.75, 3.05) is 32.8 Å². The maximum Gasteiger partial charge on any atom is 0.351 e. The van der Waals surface area contributed by atoms with Gasteiger partial charge in [-0.25, -0.2) is 9.18 Å². The molecule has 0 unspecified atom stereocenters. The lowest BCUT2D eigenvalue weighted by atomic mass is 10.1. The van der Waals surface area contributed by atoms with Gasteiger partial charge in [-0.1, -0.05) is 37.6 Å². The molecule has 192 valence electrons. The smallest absolute Gasteiger partial charge is 0.351 e. The van der Waals surface area contributed by atoms with E-state index in [1.807, 2.05) is 38.1 Å². The van der Waals surface area contributed by atoms with Crippen molar-refractivity contribution in [1.82, 2.24) is 19.2 Å². The van der Waals surface area contributed by atoms with Crippen molar-refractivity contribution in [3.63, 3.8) is 0 Å². The van der Waals surface area contributed by atoms with Gasteiger partial charge in [-0.3, -0.25) is 9.36 Å². The van der Waals surface area contributed by atoms with Crippen LogP contribution in [0.1, 0.15) is 32.3 Å². The highest BCUT2D eigenvalue weighted by Crippen LogP contribution is 2.24. The van der Waals surface area contributed by atoms with E-state index in [0.29, 0.717) is 17.7 Å². The minimum absolute atomic E-state index is 0.0737. The van der Waals surface area contributed by atoms with Crippen LogP contribution in [0.25, 0.3) is 17.1 Å². The third-order valence-electron chi connectivity index (χ3n) is 6.22. The van der Waals surface area contributed by atoms with Gasteiger partial charge in [-0.15, -0.1) is 5.10 Å². The molecule has 0 radical (unpaired) electrons. The van der Waals surface area contributed by atoms with Crippen LogP contribution in [-0.4, -0.2) is 57.9 Å². The molecule has 7 nitrogen and oxygen atoms in total. The van der Waals surface area contributed by atoms with Crippen molar-refractivity contribution in [2.24, 2.45) is 5.92 Å². The van der Waals surface area contributed by atoms with Crippen molar-refractivity contribution in [1.29, 1.82) is 0 Å². The summed E-state index contributed by atoms with van der Waals surface area (Å²) in [6, 6.07) is 11.9. The van der Waals surface area contributed by atoms with Crippen LogP contribution in [0.4, 0.5) is 4.39 Å². The standard InChI is InChI=1S/C27H32ClFN4O3/c1-19(2)16-23(34)18-32-26(21-6-9-25(29)24(28)17-21)30-33(27(32)35)22-7-4-20(5-8-22)10-12-31-11-3-14-36-15-13-31/h4-9,17,19H,3,10-16,18H2,1-2H3. The van der Waals surface area contributed by atoms with Crippen LogP contribution in [0.15, 0.2) is 47.3 Å². The quantitative estimate of drug-likeness (QED) is 0.424. The van der Waals surface area contributed by atoms with Gasteiger partial charge in [0.2, 0.25) is 0 Å². The molecular weight excluding hydrogens is 483 g/mol. The minimum Gasteiger partial charge on any atom is -0.380 e. The highest BCUT2D eigenvalue weighted by Gasteiger charge is 2.20. The van der Waals surface area contributed by atoms with E-state index in [1.54, 1.807) is 0 Å². The van der Waals surface area contributed by atoms with Crippen molar-refractivity contribution in [2.45, 2.75) is 39.7 Å². The molecule has 0 bridgehead atoms. The highest BCUT2D eigenvalue weighted by molar-refractivity contribution is 6.31. The van der Waals surface area contributed by atoms with Crippen LogP contribution in [0, 0.1) is 11.7 Å². The van der Waals surface area contributed by atoms with Crippen LogP contribution in [0.5, 0.6) is 0 Å². The molecule has 1 fully saturated rings. The van der Waals surface area contributed by atoms with Crippen LogP contribution in [0.2, 0.25) is 5.02 Å². The number of Topliss-reactive ketones (excluding diaryl/α,β-unsaturated/α-hetero) is 1. The lowest BCUT2D eigenvalue weighted by molar-refractivity contribution is -0.120. The molecule has 1 saturated heterocycles. The third kappa shape index (κ3) is 6.49. The molecule has 9 heteroatoms. The number of nitrogens with zero attached hydrogens (tertiary/aromatic N) is 4. The Morgan fingerprint density at radius 3 is 2.64 bits per heavy atom. The minimum atomic E-state index is -0.562. The second-order valence-corrected chi connectivity index (χ2v) is 10.0. The topological polar surface area (TPSA) is 69.4 Å².